The SMILES string of the molecule is C=C=C=C=CC(CCCCC)CCOC(=O)CCCCCCCC(CCCCCCCC(=O)OCCC(C)CCCCC)NC(=O)CCCN(C)C. The van der Waals surface area contributed by atoms with Crippen molar-refractivity contribution in [2.24, 2.45) is 11.8 Å². The van der Waals surface area contributed by atoms with Gasteiger partial charge < -0.3 is 19.7 Å². The molecule has 0 aromatic carbocycles. The van der Waals surface area contributed by atoms with Gasteiger partial charge in [0.1, 0.15) is 0 Å². The zero-order valence-corrected chi connectivity index (χ0v) is 34.5. The van der Waals surface area contributed by atoms with Crippen LogP contribution in [0.15, 0.2) is 29.8 Å². The van der Waals surface area contributed by atoms with Crippen molar-refractivity contribution in [3.8, 4) is 0 Å². The van der Waals surface area contributed by atoms with Crippen molar-refractivity contribution < 1.29 is 23.9 Å². The van der Waals surface area contributed by atoms with E-state index in [0.717, 1.165) is 116 Å². The van der Waals surface area contributed by atoms with E-state index in [1.165, 1.54) is 38.5 Å². The molecule has 0 rings (SSSR count). The lowest BCUT2D eigenvalue weighted by Gasteiger charge is -2.19. The minimum absolute atomic E-state index is 0.0564. The molecule has 52 heavy (non-hydrogen) atoms. The highest BCUT2D eigenvalue weighted by Crippen LogP contribution is 2.18. The second-order valence-corrected chi connectivity index (χ2v) is 15.3. The second kappa shape index (κ2) is 36.8. The molecule has 7 heteroatoms. The lowest BCUT2D eigenvalue weighted by atomic mass is 9.98. The van der Waals surface area contributed by atoms with E-state index < -0.39 is 0 Å². The normalized spacial score (nSPS) is 12.7. The zero-order chi connectivity index (χ0) is 38.5. The number of nitrogens with zero attached hydrogens (tertiary/aromatic N) is 1. The maximum Gasteiger partial charge on any atom is 0.305 e. The van der Waals surface area contributed by atoms with Gasteiger partial charge in [0, 0.05) is 25.3 Å². The first kappa shape index (κ1) is 49.5. The topological polar surface area (TPSA) is 84.9 Å². The number of carbonyl (C=O) groups is 3. The summed E-state index contributed by atoms with van der Waals surface area (Å²) in [4.78, 5) is 39.2. The maximum atomic E-state index is 12.7. The fourth-order valence-corrected chi connectivity index (χ4v) is 6.43. The summed E-state index contributed by atoms with van der Waals surface area (Å²) in [5.41, 5.74) is 8.36. The van der Waals surface area contributed by atoms with Crippen molar-refractivity contribution in [1.29, 1.82) is 0 Å². The molecule has 0 spiro atoms. The van der Waals surface area contributed by atoms with Gasteiger partial charge in [0.05, 0.1) is 13.2 Å². The van der Waals surface area contributed by atoms with Crippen LogP contribution in [-0.4, -0.2) is 62.6 Å². The van der Waals surface area contributed by atoms with E-state index in [9.17, 15) is 14.4 Å². The summed E-state index contributed by atoms with van der Waals surface area (Å²) in [6.45, 7) is 12.1. The molecule has 0 bridgehead atoms. The van der Waals surface area contributed by atoms with Crippen molar-refractivity contribution in [3.05, 3.63) is 29.8 Å². The number of rotatable bonds is 36. The van der Waals surface area contributed by atoms with Crippen LogP contribution in [0.5, 0.6) is 0 Å². The Hall–Kier alpha value is -2.55. The monoisotopic (exact) mass is 729 g/mol. The highest BCUT2D eigenvalue weighted by atomic mass is 16.5. The van der Waals surface area contributed by atoms with Crippen LogP contribution < -0.4 is 5.32 Å². The van der Waals surface area contributed by atoms with E-state index in [0.29, 0.717) is 44.3 Å². The average molecular weight is 729 g/mol. The molecule has 0 aromatic rings. The fourth-order valence-electron chi connectivity index (χ4n) is 6.43. The largest absolute Gasteiger partial charge is 0.466 e. The molecule has 0 aliphatic carbocycles. The fraction of sp³-hybridized carbons (Fsp3) is 0.822. The highest BCUT2D eigenvalue weighted by molar-refractivity contribution is 5.76. The van der Waals surface area contributed by atoms with Gasteiger partial charge >= 0.3 is 11.9 Å². The molecule has 0 aliphatic rings. The maximum absolute atomic E-state index is 12.7. The first-order valence-electron chi connectivity index (χ1n) is 21.3. The van der Waals surface area contributed by atoms with Crippen LogP contribution in [0.25, 0.3) is 0 Å². The molecule has 0 radical (unpaired) electrons. The molecule has 0 heterocycles. The van der Waals surface area contributed by atoms with Crippen LogP contribution in [0.4, 0.5) is 0 Å². The number of ether oxygens (including phenoxy) is 2. The quantitative estimate of drug-likeness (QED) is 0.0393. The molecule has 0 aliphatic heterocycles. The summed E-state index contributed by atoms with van der Waals surface area (Å²) in [6, 6.07) is 0.213. The number of unbranched alkanes of at least 4 members (excludes halogenated alkanes) is 12. The number of amides is 1. The number of carbonyl (C=O) groups excluding carboxylic acids is 3. The van der Waals surface area contributed by atoms with Crippen LogP contribution in [0.1, 0.15) is 188 Å². The first-order valence-corrected chi connectivity index (χ1v) is 21.3. The standard InChI is InChI=1S/C45H80N2O5/c1-7-10-19-27-40(4)35-38-51-44(49)33-24-17-13-15-22-30-42(46-43(48)32-26-37-47(5)6)31-23-16-14-18-25-34-45(50)52-39-36-41(28-20-11-8-2)29-21-12-9-3/h28,40-42H,2,7,9-10,12-19,21-27,29-39H2,1,3-6H3,(H,46,48). The summed E-state index contributed by atoms with van der Waals surface area (Å²) in [5.74, 6) is 0.951. The summed E-state index contributed by atoms with van der Waals surface area (Å²) < 4.78 is 11.0. The molecule has 7 nitrogen and oxygen atoms in total. The van der Waals surface area contributed by atoms with Crippen molar-refractivity contribution in [1.82, 2.24) is 10.2 Å². The Labute approximate surface area is 320 Å². The zero-order valence-electron chi connectivity index (χ0n) is 34.5. The predicted molar refractivity (Wildman–Crippen MR) is 217 cm³/mol. The van der Waals surface area contributed by atoms with Gasteiger partial charge in [-0.25, -0.2) is 0 Å². The van der Waals surface area contributed by atoms with Crippen LogP contribution in [0, 0.1) is 11.8 Å². The number of hydrogen-bond donors (Lipinski definition) is 1. The molecule has 0 aromatic heterocycles. The summed E-state index contributed by atoms with van der Waals surface area (Å²) in [6.07, 6.45) is 28.2. The van der Waals surface area contributed by atoms with Crippen molar-refractivity contribution in [2.75, 3.05) is 33.9 Å². The minimum Gasteiger partial charge on any atom is -0.466 e. The number of nitrogens with one attached hydrogen (secondary N) is 1. The van der Waals surface area contributed by atoms with Gasteiger partial charge in [-0.15, -0.1) is 0 Å². The summed E-state index contributed by atoms with van der Waals surface area (Å²) in [5, 5.41) is 3.33. The molecular weight excluding hydrogens is 649 g/mol. The average Bonchev–Trinajstić information content (AvgIpc) is 3.10. The third kappa shape index (κ3) is 34.5. The third-order valence-electron chi connectivity index (χ3n) is 9.83. The third-order valence-corrected chi connectivity index (χ3v) is 9.83. The Morgan fingerprint density at radius 2 is 1.17 bits per heavy atom. The van der Waals surface area contributed by atoms with E-state index >= 15 is 0 Å². The van der Waals surface area contributed by atoms with Gasteiger partial charge in [0.2, 0.25) is 5.91 Å². The first-order chi connectivity index (χ1) is 25.2. The Bertz CT molecular complexity index is 1010. The molecule has 0 fully saturated rings. The van der Waals surface area contributed by atoms with Gasteiger partial charge in [0.25, 0.3) is 0 Å². The van der Waals surface area contributed by atoms with Crippen LogP contribution in [0.2, 0.25) is 0 Å². The number of esters is 2. The Kier molecular flexibility index (Phi) is 35.0. The van der Waals surface area contributed by atoms with Crippen LogP contribution in [-0.2, 0) is 23.9 Å². The van der Waals surface area contributed by atoms with Gasteiger partial charge in [0.15, 0.2) is 0 Å². The molecular formula is C45H80N2O5. The smallest absolute Gasteiger partial charge is 0.305 e. The van der Waals surface area contributed by atoms with Gasteiger partial charge in [-0.1, -0.05) is 129 Å². The lowest BCUT2D eigenvalue weighted by molar-refractivity contribution is -0.145. The van der Waals surface area contributed by atoms with E-state index in [2.05, 4.69) is 54.8 Å². The van der Waals surface area contributed by atoms with E-state index in [4.69, 9.17) is 9.47 Å². The molecule has 3 atom stereocenters. The van der Waals surface area contributed by atoms with Gasteiger partial charge in [-0.3, -0.25) is 14.4 Å². The molecule has 1 amide bonds. The van der Waals surface area contributed by atoms with Gasteiger partial charge in [-0.05, 0) is 102 Å². The Balaban J connectivity index is 4.30. The second-order valence-electron chi connectivity index (χ2n) is 15.3. The van der Waals surface area contributed by atoms with Crippen molar-refractivity contribution in [2.45, 2.75) is 194 Å². The lowest BCUT2D eigenvalue weighted by Crippen LogP contribution is -2.35. The molecule has 0 saturated heterocycles. The number of hydrogen-bond acceptors (Lipinski definition) is 6. The van der Waals surface area contributed by atoms with Gasteiger partial charge in [-0.2, -0.15) is 0 Å². The predicted octanol–water partition coefficient (Wildman–Crippen LogP) is 11.2. The van der Waals surface area contributed by atoms with E-state index in [1.54, 1.807) is 0 Å². The summed E-state index contributed by atoms with van der Waals surface area (Å²) >= 11 is 0. The van der Waals surface area contributed by atoms with E-state index in [1.807, 2.05) is 20.2 Å². The summed E-state index contributed by atoms with van der Waals surface area (Å²) in [7, 11) is 4.08. The molecule has 300 valence electrons. The minimum atomic E-state index is -0.104. The molecule has 0 saturated carbocycles. The molecule has 1 N–H and O–H groups in total. The highest BCUT2D eigenvalue weighted by Gasteiger charge is 2.13. The van der Waals surface area contributed by atoms with Crippen LogP contribution >= 0.6 is 0 Å². The molecule has 3 unspecified atom stereocenters. The van der Waals surface area contributed by atoms with Crippen molar-refractivity contribution in [3.63, 3.8) is 0 Å². The van der Waals surface area contributed by atoms with Crippen LogP contribution in [0.3, 0.4) is 0 Å². The number of allylic oxidation sites excluding steroid dienone is 1. The van der Waals surface area contributed by atoms with E-state index in [-0.39, 0.29) is 23.9 Å². The Morgan fingerprint density at radius 3 is 1.73 bits per heavy atom. The Morgan fingerprint density at radius 1 is 0.654 bits per heavy atom. The van der Waals surface area contributed by atoms with Crippen molar-refractivity contribution >= 4 is 17.8 Å².